The fourth-order valence-corrected chi connectivity index (χ4v) is 3.55. The third-order valence-electron chi connectivity index (χ3n) is 2.95. The van der Waals surface area contributed by atoms with Gasteiger partial charge in [0.2, 0.25) is 0 Å². The molecule has 24 heavy (non-hydrogen) atoms. The largest absolute Gasteiger partial charge is 0.326 e. The minimum absolute atomic E-state index is 0.209. The smallest absolute Gasteiger partial charge is 0.257 e. The van der Waals surface area contributed by atoms with E-state index in [1.807, 2.05) is 6.07 Å². The molecule has 0 saturated heterocycles. The highest BCUT2D eigenvalue weighted by atomic mass is 35.5. The highest BCUT2D eigenvalue weighted by molar-refractivity contribution is 8.00. The van der Waals surface area contributed by atoms with Gasteiger partial charge in [-0.15, -0.1) is 11.3 Å². The van der Waals surface area contributed by atoms with Crippen molar-refractivity contribution in [3.8, 4) is 0 Å². The molecule has 3 aromatic rings. The predicted molar refractivity (Wildman–Crippen MR) is 102 cm³/mol. The number of carbonyl (C=O) groups excluding carboxylic acids is 1. The van der Waals surface area contributed by atoms with E-state index < -0.39 is 0 Å². The van der Waals surface area contributed by atoms with Gasteiger partial charge in [0.25, 0.3) is 5.91 Å². The molecule has 1 amide bonds. The molecule has 3 rings (SSSR count). The maximum absolute atomic E-state index is 12.2. The van der Waals surface area contributed by atoms with Gasteiger partial charge in [-0.2, -0.15) is 0 Å². The summed E-state index contributed by atoms with van der Waals surface area (Å²) in [6.45, 7) is 0. The van der Waals surface area contributed by atoms with Crippen LogP contribution in [0.3, 0.4) is 0 Å². The van der Waals surface area contributed by atoms with Crippen LogP contribution in [-0.2, 0) is 0 Å². The second-order valence-electron chi connectivity index (χ2n) is 4.65. The second kappa shape index (κ2) is 7.90. The number of nitrogens with zero attached hydrogens (tertiary/aromatic N) is 1. The minimum Gasteiger partial charge on any atom is -0.326 e. The fraction of sp³-hybridized carbons (Fsp3) is 0. The molecule has 0 aliphatic rings. The lowest BCUT2D eigenvalue weighted by molar-refractivity contribution is 0.102. The molecule has 0 unspecified atom stereocenters. The van der Waals surface area contributed by atoms with Crippen molar-refractivity contribution >= 4 is 63.2 Å². The molecule has 1 heterocycles. The van der Waals surface area contributed by atoms with E-state index in [0.717, 1.165) is 10.6 Å². The number of carbonyl (C=O) groups is 1. The van der Waals surface area contributed by atoms with Crippen LogP contribution in [0.15, 0.2) is 58.9 Å². The molecular formula is C16H11Cl2N3OS2. The van der Waals surface area contributed by atoms with Crippen LogP contribution in [0.5, 0.6) is 0 Å². The van der Waals surface area contributed by atoms with Gasteiger partial charge in [-0.25, -0.2) is 4.98 Å². The van der Waals surface area contributed by atoms with Crippen molar-refractivity contribution in [3.63, 3.8) is 0 Å². The van der Waals surface area contributed by atoms with Crippen molar-refractivity contribution in [2.45, 2.75) is 4.90 Å². The lowest BCUT2D eigenvalue weighted by Gasteiger charge is -2.09. The normalized spacial score (nSPS) is 10.4. The first kappa shape index (κ1) is 17.1. The van der Waals surface area contributed by atoms with Crippen molar-refractivity contribution in [2.24, 2.45) is 0 Å². The summed E-state index contributed by atoms with van der Waals surface area (Å²) in [4.78, 5) is 17.1. The molecule has 4 nitrogen and oxygen atoms in total. The number of hydrogen-bond acceptors (Lipinski definition) is 5. The Morgan fingerprint density at radius 3 is 2.83 bits per heavy atom. The van der Waals surface area contributed by atoms with E-state index >= 15 is 0 Å². The van der Waals surface area contributed by atoms with Gasteiger partial charge in [0.05, 0.1) is 5.02 Å². The van der Waals surface area contributed by atoms with Crippen LogP contribution in [0.2, 0.25) is 10.0 Å². The highest BCUT2D eigenvalue weighted by Crippen LogP contribution is 2.30. The van der Waals surface area contributed by atoms with Crippen molar-refractivity contribution in [1.29, 1.82) is 0 Å². The van der Waals surface area contributed by atoms with Crippen LogP contribution in [0.1, 0.15) is 10.4 Å². The molecule has 1 aromatic heterocycles. The van der Waals surface area contributed by atoms with E-state index in [-0.39, 0.29) is 5.91 Å². The summed E-state index contributed by atoms with van der Waals surface area (Å²) in [6.07, 6.45) is 1.64. The molecule has 8 heteroatoms. The third-order valence-corrected chi connectivity index (χ3v) is 5.21. The van der Waals surface area contributed by atoms with Gasteiger partial charge < -0.3 is 4.72 Å². The van der Waals surface area contributed by atoms with E-state index in [2.05, 4.69) is 15.0 Å². The zero-order valence-corrected chi connectivity index (χ0v) is 15.3. The summed E-state index contributed by atoms with van der Waals surface area (Å²) < 4.78 is 3.16. The van der Waals surface area contributed by atoms with E-state index in [1.54, 1.807) is 48.0 Å². The van der Waals surface area contributed by atoms with Crippen LogP contribution < -0.4 is 10.0 Å². The number of thiazole rings is 1. The molecule has 2 N–H and O–H groups in total. The predicted octanol–water partition coefficient (Wildman–Crippen LogP) is 5.82. The average Bonchev–Trinajstić information content (AvgIpc) is 3.09. The molecule has 0 aliphatic carbocycles. The van der Waals surface area contributed by atoms with Crippen LogP contribution >= 0.6 is 46.5 Å². The van der Waals surface area contributed by atoms with Gasteiger partial charge >= 0.3 is 0 Å². The molecule has 0 fully saturated rings. The summed E-state index contributed by atoms with van der Waals surface area (Å²) in [6, 6.07) is 12.4. The monoisotopic (exact) mass is 395 g/mol. The maximum Gasteiger partial charge on any atom is 0.257 e. The first-order valence-electron chi connectivity index (χ1n) is 6.80. The molecule has 0 saturated carbocycles. The lowest BCUT2D eigenvalue weighted by atomic mass is 10.2. The average molecular weight is 396 g/mol. The number of amides is 1. The van der Waals surface area contributed by atoms with Gasteiger partial charge in [0.1, 0.15) is 0 Å². The Hall–Kier alpha value is -1.73. The van der Waals surface area contributed by atoms with Crippen molar-refractivity contribution in [2.75, 3.05) is 10.0 Å². The fourth-order valence-electron chi connectivity index (χ4n) is 1.85. The van der Waals surface area contributed by atoms with E-state index in [4.69, 9.17) is 23.2 Å². The second-order valence-corrected chi connectivity index (χ2v) is 7.24. The SMILES string of the molecule is O=C(Nc1nccs1)c1cccc(NSc2cc(Cl)ccc2Cl)c1. The van der Waals surface area contributed by atoms with Crippen LogP contribution in [0.4, 0.5) is 10.8 Å². The molecule has 2 aromatic carbocycles. The topological polar surface area (TPSA) is 54.0 Å². The van der Waals surface area contributed by atoms with Crippen LogP contribution in [0, 0.1) is 0 Å². The van der Waals surface area contributed by atoms with Crippen LogP contribution in [-0.4, -0.2) is 10.9 Å². The Morgan fingerprint density at radius 1 is 1.17 bits per heavy atom. The first-order valence-corrected chi connectivity index (χ1v) is 9.26. The summed E-state index contributed by atoms with van der Waals surface area (Å²) >= 11 is 14.8. The molecular weight excluding hydrogens is 385 g/mol. The number of benzene rings is 2. The molecule has 0 bridgehead atoms. The highest BCUT2D eigenvalue weighted by Gasteiger charge is 2.09. The van der Waals surface area contributed by atoms with E-state index in [0.29, 0.717) is 20.7 Å². The van der Waals surface area contributed by atoms with E-state index in [1.165, 1.54) is 23.3 Å². The Morgan fingerprint density at radius 2 is 2.04 bits per heavy atom. The minimum atomic E-state index is -0.209. The van der Waals surface area contributed by atoms with Gasteiger partial charge in [0, 0.05) is 32.7 Å². The molecule has 0 aliphatic heterocycles. The molecule has 122 valence electrons. The van der Waals surface area contributed by atoms with Gasteiger partial charge in [-0.3, -0.25) is 10.1 Å². The van der Waals surface area contributed by atoms with Gasteiger partial charge in [-0.1, -0.05) is 29.3 Å². The standard InChI is InChI=1S/C16H11Cl2N3OS2/c17-11-4-5-13(18)14(9-11)24-21-12-3-1-2-10(8-12)15(22)20-16-19-6-7-23-16/h1-9,21H,(H,19,20,22). The number of nitrogens with one attached hydrogen (secondary N) is 2. The van der Waals surface area contributed by atoms with Crippen LogP contribution in [0.25, 0.3) is 0 Å². The third kappa shape index (κ3) is 4.42. The van der Waals surface area contributed by atoms with Crippen molar-refractivity contribution < 1.29 is 4.79 Å². The van der Waals surface area contributed by atoms with Gasteiger partial charge in [-0.05, 0) is 48.3 Å². The number of rotatable bonds is 5. The quantitative estimate of drug-likeness (QED) is 0.534. The Kier molecular flexibility index (Phi) is 5.63. The Labute approximate surface area is 157 Å². The summed E-state index contributed by atoms with van der Waals surface area (Å²) in [7, 11) is 0. The number of anilines is 2. The number of aromatic nitrogens is 1. The molecule has 0 spiro atoms. The van der Waals surface area contributed by atoms with E-state index in [9.17, 15) is 4.79 Å². The maximum atomic E-state index is 12.2. The Balaban J connectivity index is 1.69. The number of hydrogen-bond donors (Lipinski definition) is 2. The van der Waals surface area contributed by atoms with Gasteiger partial charge in [0.15, 0.2) is 5.13 Å². The molecule has 0 atom stereocenters. The molecule has 0 radical (unpaired) electrons. The zero-order valence-electron chi connectivity index (χ0n) is 12.1. The summed E-state index contributed by atoms with van der Waals surface area (Å²) in [5.41, 5.74) is 1.32. The Bertz CT molecular complexity index is 856. The summed E-state index contributed by atoms with van der Waals surface area (Å²) in [5.74, 6) is -0.209. The first-order chi connectivity index (χ1) is 11.6. The summed E-state index contributed by atoms with van der Waals surface area (Å²) in [5, 5.41) is 6.34. The zero-order chi connectivity index (χ0) is 16.9. The van der Waals surface area contributed by atoms with Crippen molar-refractivity contribution in [3.05, 3.63) is 69.7 Å². The number of halogens is 2. The lowest BCUT2D eigenvalue weighted by Crippen LogP contribution is -2.11. The van der Waals surface area contributed by atoms with Crippen molar-refractivity contribution in [1.82, 2.24) is 4.98 Å².